The number of likely N-dealkylation sites (tertiary alicyclic amines) is 2. The second kappa shape index (κ2) is 7.63. The van der Waals surface area contributed by atoms with E-state index in [0.717, 1.165) is 30.5 Å². The topological polar surface area (TPSA) is 75.6 Å². The van der Waals surface area contributed by atoms with E-state index in [4.69, 9.17) is 8.83 Å². The third-order valence-corrected chi connectivity index (χ3v) is 6.35. The molecule has 2 aliphatic rings. The number of nitrogens with zero attached hydrogens (tertiary/aromatic N) is 4. The number of piperidine rings is 2. The maximum absolute atomic E-state index is 12.7. The summed E-state index contributed by atoms with van der Waals surface area (Å²) in [6.07, 6.45) is 4.38. The van der Waals surface area contributed by atoms with Gasteiger partial charge in [-0.15, -0.1) is 10.2 Å². The summed E-state index contributed by atoms with van der Waals surface area (Å²) in [5, 5.41) is 9.19. The van der Waals surface area contributed by atoms with Gasteiger partial charge in [-0.1, -0.05) is 18.2 Å². The van der Waals surface area contributed by atoms with Crippen LogP contribution in [-0.4, -0.2) is 58.6 Å². The minimum atomic E-state index is 0.181. The molecule has 0 spiro atoms. The Hall–Kier alpha value is -2.67. The molecule has 0 radical (unpaired) electrons. The molecule has 0 N–H and O–H groups in total. The molecule has 29 heavy (non-hydrogen) atoms. The van der Waals surface area contributed by atoms with Crippen molar-refractivity contribution in [2.75, 3.05) is 26.7 Å². The van der Waals surface area contributed by atoms with Gasteiger partial charge in [0.2, 0.25) is 11.8 Å². The van der Waals surface area contributed by atoms with Gasteiger partial charge in [-0.05, 0) is 50.9 Å². The molecule has 0 aliphatic carbocycles. The maximum atomic E-state index is 12.7. The highest BCUT2D eigenvalue weighted by Crippen LogP contribution is 2.30. The number of rotatable bonds is 4. The van der Waals surface area contributed by atoms with Crippen molar-refractivity contribution in [2.24, 2.45) is 5.92 Å². The molecule has 0 bridgehead atoms. The van der Waals surface area contributed by atoms with E-state index >= 15 is 0 Å². The average molecular weight is 394 g/mol. The van der Waals surface area contributed by atoms with Gasteiger partial charge < -0.3 is 18.6 Å². The van der Waals surface area contributed by atoms with Crippen LogP contribution < -0.4 is 0 Å². The van der Waals surface area contributed by atoms with Crippen molar-refractivity contribution in [1.29, 1.82) is 0 Å². The highest BCUT2D eigenvalue weighted by atomic mass is 16.4. The van der Waals surface area contributed by atoms with Crippen LogP contribution in [0.3, 0.4) is 0 Å². The molecular weight excluding hydrogens is 368 g/mol. The molecule has 7 heteroatoms. The maximum Gasteiger partial charge on any atom is 0.283 e. The number of benzene rings is 1. The van der Waals surface area contributed by atoms with E-state index in [-0.39, 0.29) is 5.91 Å². The van der Waals surface area contributed by atoms with E-state index in [1.165, 1.54) is 19.4 Å². The van der Waals surface area contributed by atoms with Crippen LogP contribution in [0.1, 0.15) is 31.6 Å². The lowest BCUT2D eigenvalue weighted by Crippen LogP contribution is -2.53. The van der Waals surface area contributed by atoms with Gasteiger partial charge in [0.15, 0.2) is 5.76 Å². The van der Waals surface area contributed by atoms with Crippen LogP contribution in [0, 0.1) is 5.92 Å². The number of para-hydroxylation sites is 1. The zero-order valence-corrected chi connectivity index (χ0v) is 16.7. The molecule has 2 aromatic heterocycles. The van der Waals surface area contributed by atoms with Crippen LogP contribution in [0.25, 0.3) is 22.6 Å². The van der Waals surface area contributed by atoms with Gasteiger partial charge in [-0.3, -0.25) is 4.79 Å². The predicted octanol–water partition coefficient (Wildman–Crippen LogP) is 3.36. The Kier molecular flexibility index (Phi) is 4.83. The molecular formula is C22H26N4O3. The minimum Gasteiger partial charge on any atom is -0.451 e. The van der Waals surface area contributed by atoms with Crippen LogP contribution in [0.15, 0.2) is 39.2 Å². The Morgan fingerprint density at radius 2 is 2.07 bits per heavy atom. The summed E-state index contributed by atoms with van der Waals surface area (Å²) < 4.78 is 11.5. The van der Waals surface area contributed by atoms with Gasteiger partial charge >= 0.3 is 0 Å². The van der Waals surface area contributed by atoms with Gasteiger partial charge in [-0.2, -0.15) is 0 Å². The summed E-state index contributed by atoms with van der Waals surface area (Å²) in [4.78, 5) is 17.2. The van der Waals surface area contributed by atoms with E-state index < -0.39 is 0 Å². The highest BCUT2D eigenvalue weighted by molar-refractivity contribution is 5.81. The number of amides is 1. The van der Waals surface area contributed by atoms with Crippen LogP contribution in [0.5, 0.6) is 0 Å². The first-order valence-corrected chi connectivity index (χ1v) is 10.5. The van der Waals surface area contributed by atoms with Gasteiger partial charge in [-0.25, -0.2) is 0 Å². The van der Waals surface area contributed by atoms with Gasteiger partial charge in [0, 0.05) is 37.4 Å². The van der Waals surface area contributed by atoms with Crippen molar-refractivity contribution >= 4 is 16.9 Å². The summed E-state index contributed by atoms with van der Waals surface area (Å²) in [6.45, 7) is 2.90. The van der Waals surface area contributed by atoms with Crippen LogP contribution in [0.2, 0.25) is 0 Å². The Bertz CT molecular complexity index is 977. The fraction of sp³-hybridized carbons (Fsp3) is 0.500. The highest BCUT2D eigenvalue weighted by Gasteiger charge is 2.35. The standard InChI is InChI=1S/C22H26N4O3/c1-25-11-4-6-16-14-26(12-10-17(16)25)21(27)9-8-20-23-24-22(29-20)19-13-15-5-2-3-7-18(15)28-19/h2-3,5,7,13,16-17H,4,6,8-12,14H2,1H3. The number of furan rings is 1. The number of carbonyl (C=O) groups is 1. The van der Waals surface area contributed by atoms with E-state index in [2.05, 4.69) is 22.1 Å². The van der Waals surface area contributed by atoms with Crippen molar-refractivity contribution in [3.63, 3.8) is 0 Å². The molecule has 7 nitrogen and oxygen atoms in total. The smallest absolute Gasteiger partial charge is 0.283 e. The van der Waals surface area contributed by atoms with Gasteiger partial charge in [0.05, 0.1) is 0 Å². The number of hydrogen-bond donors (Lipinski definition) is 0. The Morgan fingerprint density at radius 3 is 2.97 bits per heavy atom. The molecule has 2 unspecified atom stereocenters. The third kappa shape index (κ3) is 3.67. The SMILES string of the molecule is CN1CCCC2CN(C(=O)CCc3nnc(-c4cc5ccccc5o4)o3)CCC21. The molecule has 2 saturated heterocycles. The van der Waals surface area contributed by atoms with E-state index in [9.17, 15) is 4.79 Å². The number of hydrogen-bond acceptors (Lipinski definition) is 6. The van der Waals surface area contributed by atoms with Crippen LogP contribution >= 0.6 is 0 Å². The molecule has 4 heterocycles. The first kappa shape index (κ1) is 18.4. The predicted molar refractivity (Wildman–Crippen MR) is 108 cm³/mol. The lowest BCUT2D eigenvalue weighted by Gasteiger charge is -2.46. The molecule has 2 aliphatic heterocycles. The van der Waals surface area contributed by atoms with Gasteiger partial charge in [0.25, 0.3) is 5.89 Å². The summed E-state index contributed by atoms with van der Waals surface area (Å²) in [6, 6.07) is 10.3. The second-order valence-electron chi connectivity index (χ2n) is 8.23. The Labute approximate surface area is 169 Å². The molecule has 3 aromatic rings. The third-order valence-electron chi connectivity index (χ3n) is 6.35. The van der Waals surface area contributed by atoms with E-state index in [1.54, 1.807) is 0 Å². The van der Waals surface area contributed by atoms with Crippen molar-refractivity contribution in [1.82, 2.24) is 20.0 Å². The van der Waals surface area contributed by atoms with Crippen molar-refractivity contribution in [3.8, 4) is 11.7 Å². The van der Waals surface area contributed by atoms with Gasteiger partial charge in [0.1, 0.15) is 5.58 Å². The summed E-state index contributed by atoms with van der Waals surface area (Å²) >= 11 is 0. The molecule has 2 atom stereocenters. The number of carbonyl (C=O) groups excluding carboxylic acids is 1. The lowest BCUT2D eigenvalue weighted by molar-refractivity contribution is -0.134. The number of aryl methyl sites for hydroxylation is 1. The quantitative estimate of drug-likeness (QED) is 0.675. The van der Waals surface area contributed by atoms with Crippen molar-refractivity contribution in [2.45, 2.75) is 38.1 Å². The normalized spacial score (nSPS) is 22.7. The van der Waals surface area contributed by atoms with E-state index in [1.807, 2.05) is 35.2 Å². The van der Waals surface area contributed by atoms with Crippen LogP contribution in [0.4, 0.5) is 0 Å². The molecule has 0 saturated carbocycles. The first-order valence-electron chi connectivity index (χ1n) is 10.5. The molecule has 5 rings (SSSR count). The molecule has 1 amide bonds. The largest absolute Gasteiger partial charge is 0.451 e. The van der Waals surface area contributed by atoms with Crippen molar-refractivity contribution in [3.05, 3.63) is 36.2 Å². The minimum absolute atomic E-state index is 0.181. The lowest BCUT2D eigenvalue weighted by atomic mass is 9.84. The summed E-state index contributed by atoms with van der Waals surface area (Å²) in [5.74, 6) is 2.17. The zero-order valence-electron chi connectivity index (χ0n) is 16.7. The molecule has 2 fully saturated rings. The second-order valence-corrected chi connectivity index (χ2v) is 8.23. The Balaban J connectivity index is 1.19. The first-order chi connectivity index (χ1) is 14.2. The fourth-order valence-corrected chi connectivity index (χ4v) is 4.79. The Morgan fingerprint density at radius 1 is 1.17 bits per heavy atom. The molecule has 1 aromatic carbocycles. The van der Waals surface area contributed by atoms with Crippen molar-refractivity contribution < 1.29 is 13.6 Å². The average Bonchev–Trinajstić information content (AvgIpc) is 3.38. The monoisotopic (exact) mass is 394 g/mol. The van der Waals surface area contributed by atoms with E-state index in [0.29, 0.717) is 42.3 Å². The fourth-order valence-electron chi connectivity index (χ4n) is 4.79. The molecule has 152 valence electrons. The van der Waals surface area contributed by atoms with Crippen LogP contribution in [-0.2, 0) is 11.2 Å². The number of fused-ring (bicyclic) bond motifs is 2. The zero-order chi connectivity index (χ0) is 19.8. The summed E-state index contributed by atoms with van der Waals surface area (Å²) in [7, 11) is 2.21. The summed E-state index contributed by atoms with van der Waals surface area (Å²) in [5.41, 5.74) is 0.786. The number of aromatic nitrogens is 2.